The fourth-order valence-corrected chi connectivity index (χ4v) is 3.53. The molecule has 1 aliphatic heterocycles. The van der Waals surface area contributed by atoms with Crippen LogP contribution < -0.4 is 16.3 Å². The van der Waals surface area contributed by atoms with Gasteiger partial charge in [-0.1, -0.05) is 18.2 Å². The van der Waals surface area contributed by atoms with Gasteiger partial charge in [-0.2, -0.15) is 13.2 Å². The van der Waals surface area contributed by atoms with Crippen LogP contribution in [0.3, 0.4) is 0 Å². The molecular weight excluding hydrogens is 415 g/mol. The molecule has 31 heavy (non-hydrogen) atoms. The van der Waals surface area contributed by atoms with Crippen molar-refractivity contribution in [3.8, 4) is 0 Å². The molecule has 0 saturated carbocycles. The van der Waals surface area contributed by atoms with Crippen LogP contribution in [0.25, 0.3) is 5.65 Å². The molecule has 0 bridgehead atoms. The van der Waals surface area contributed by atoms with Crippen molar-refractivity contribution < 1.29 is 22.8 Å². The molecule has 2 N–H and O–H groups in total. The number of nitrogens with zero attached hydrogens (tertiary/aromatic N) is 3. The average Bonchev–Trinajstić information content (AvgIpc) is 3.03. The summed E-state index contributed by atoms with van der Waals surface area (Å²) < 4.78 is 41.0. The molecule has 3 heterocycles. The maximum Gasteiger partial charge on any atom is 0.408 e. The minimum atomic E-state index is -4.54. The third-order valence-corrected chi connectivity index (χ3v) is 5.10. The quantitative estimate of drug-likeness (QED) is 0.615. The molecule has 4 rings (SSSR count). The van der Waals surface area contributed by atoms with Crippen molar-refractivity contribution in [3.63, 3.8) is 0 Å². The van der Waals surface area contributed by atoms with Crippen LogP contribution in [0.5, 0.6) is 0 Å². The minimum Gasteiger partial charge on any atom is -0.344 e. The summed E-state index contributed by atoms with van der Waals surface area (Å²) in [5.41, 5.74) is 1.22. The summed E-state index contributed by atoms with van der Waals surface area (Å²) >= 11 is 0. The Morgan fingerprint density at radius 2 is 1.97 bits per heavy atom. The fourth-order valence-electron chi connectivity index (χ4n) is 3.53. The van der Waals surface area contributed by atoms with Crippen LogP contribution in [0.2, 0.25) is 0 Å². The molecule has 11 heteroatoms. The molecule has 3 aromatic rings. The van der Waals surface area contributed by atoms with Gasteiger partial charge in [0.25, 0.3) is 0 Å². The van der Waals surface area contributed by atoms with Gasteiger partial charge in [0.15, 0.2) is 5.65 Å². The molecule has 1 aliphatic rings. The molecule has 0 aliphatic carbocycles. The van der Waals surface area contributed by atoms with Crippen LogP contribution in [0, 0.1) is 5.92 Å². The zero-order valence-corrected chi connectivity index (χ0v) is 16.1. The number of carbonyl (C=O) groups excluding carboxylic acids is 2. The van der Waals surface area contributed by atoms with Crippen molar-refractivity contribution in [3.05, 3.63) is 64.7 Å². The van der Waals surface area contributed by atoms with E-state index in [9.17, 15) is 27.6 Å². The number of carbonyl (C=O) groups is 2. The van der Waals surface area contributed by atoms with Crippen molar-refractivity contribution in [1.29, 1.82) is 0 Å². The topological polar surface area (TPSA) is 97.5 Å². The molecule has 2 atom stereocenters. The van der Waals surface area contributed by atoms with E-state index in [1.807, 2.05) is 5.32 Å². The highest BCUT2D eigenvalue weighted by Crippen LogP contribution is 2.29. The summed E-state index contributed by atoms with van der Waals surface area (Å²) in [5.74, 6) is -2.83. The number of amides is 2. The van der Waals surface area contributed by atoms with E-state index in [0.717, 1.165) is 0 Å². The highest BCUT2D eigenvalue weighted by atomic mass is 19.4. The zero-order valence-electron chi connectivity index (χ0n) is 16.1. The van der Waals surface area contributed by atoms with Crippen LogP contribution in [-0.2, 0) is 16.1 Å². The second-order valence-electron chi connectivity index (χ2n) is 7.29. The molecule has 8 nitrogen and oxygen atoms in total. The first-order valence-electron chi connectivity index (χ1n) is 9.53. The van der Waals surface area contributed by atoms with Crippen LogP contribution in [-0.4, -0.2) is 38.2 Å². The van der Waals surface area contributed by atoms with Crippen molar-refractivity contribution in [2.45, 2.75) is 31.6 Å². The number of halogens is 3. The SMILES string of the molecule is O=C(Nc1cccc(Cn2nc3ccccn3c2=O)c1)C1CCC(C(F)(F)F)NC1=O. The van der Waals surface area contributed by atoms with Crippen molar-refractivity contribution in [1.82, 2.24) is 19.5 Å². The molecule has 0 radical (unpaired) electrons. The number of pyridine rings is 1. The molecule has 162 valence electrons. The Morgan fingerprint density at radius 3 is 2.68 bits per heavy atom. The van der Waals surface area contributed by atoms with Gasteiger partial charge in [0.2, 0.25) is 11.8 Å². The summed E-state index contributed by atoms with van der Waals surface area (Å²) in [6, 6.07) is 9.86. The summed E-state index contributed by atoms with van der Waals surface area (Å²) in [6.45, 7) is 0.154. The Morgan fingerprint density at radius 1 is 1.16 bits per heavy atom. The third kappa shape index (κ3) is 4.30. The first kappa shape index (κ1) is 20.6. The highest BCUT2D eigenvalue weighted by Gasteiger charge is 2.45. The lowest BCUT2D eigenvalue weighted by Crippen LogP contribution is -2.53. The lowest BCUT2D eigenvalue weighted by Gasteiger charge is -2.29. The standard InChI is InChI=1S/C20H18F3N5O3/c21-20(22,23)15-8-7-14(18(30)25-15)17(29)24-13-5-3-4-12(10-13)11-28-19(31)27-9-2-1-6-16(27)26-28/h1-6,9-10,14-15H,7-8,11H2,(H,24,29)(H,25,30). The Bertz CT molecular complexity index is 1200. The summed E-state index contributed by atoms with van der Waals surface area (Å²) in [7, 11) is 0. The van der Waals surface area contributed by atoms with E-state index in [0.29, 0.717) is 16.9 Å². The van der Waals surface area contributed by atoms with Crippen molar-refractivity contribution in [2.75, 3.05) is 5.32 Å². The predicted molar refractivity (Wildman–Crippen MR) is 104 cm³/mol. The second-order valence-corrected chi connectivity index (χ2v) is 7.29. The largest absolute Gasteiger partial charge is 0.408 e. The van der Waals surface area contributed by atoms with Gasteiger partial charge in [-0.05, 0) is 42.7 Å². The minimum absolute atomic E-state index is 0.154. The molecular formula is C20H18F3N5O3. The summed E-state index contributed by atoms with van der Waals surface area (Å²) in [6.07, 6.45) is -3.49. The van der Waals surface area contributed by atoms with Gasteiger partial charge in [-0.3, -0.25) is 14.0 Å². The van der Waals surface area contributed by atoms with E-state index < -0.39 is 30.0 Å². The molecule has 1 saturated heterocycles. The van der Waals surface area contributed by atoms with Crippen LogP contribution >= 0.6 is 0 Å². The van der Waals surface area contributed by atoms with Crippen molar-refractivity contribution >= 4 is 23.1 Å². The number of nitrogens with one attached hydrogen (secondary N) is 2. The van der Waals surface area contributed by atoms with Gasteiger partial charge >= 0.3 is 11.9 Å². The maximum atomic E-state index is 12.8. The molecule has 1 aromatic carbocycles. The van der Waals surface area contributed by atoms with Gasteiger partial charge in [0.1, 0.15) is 12.0 Å². The Balaban J connectivity index is 1.45. The van der Waals surface area contributed by atoms with Crippen LogP contribution in [0.15, 0.2) is 53.5 Å². The third-order valence-electron chi connectivity index (χ3n) is 5.10. The molecule has 0 spiro atoms. The maximum absolute atomic E-state index is 12.8. The summed E-state index contributed by atoms with van der Waals surface area (Å²) in [4.78, 5) is 36.8. The number of aromatic nitrogens is 3. The Labute approximate surface area is 173 Å². The predicted octanol–water partition coefficient (Wildman–Crippen LogP) is 1.94. The monoisotopic (exact) mass is 433 g/mol. The van der Waals surface area contributed by atoms with E-state index in [2.05, 4.69) is 10.4 Å². The van der Waals surface area contributed by atoms with E-state index in [1.54, 1.807) is 48.7 Å². The second kappa shape index (κ2) is 7.89. The molecule has 2 aromatic heterocycles. The number of fused-ring (bicyclic) bond motifs is 1. The fraction of sp³-hybridized carbons (Fsp3) is 0.300. The van der Waals surface area contributed by atoms with Gasteiger partial charge in [-0.15, -0.1) is 5.10 Å². The van der Waals surface area contributed by atoms with Gasteiger partial charge in [0, 0.05) is 11.9 Å². The molecule has 2 amide bonds. The van der Waals surface area contributed by atoms with Gasteiger partial charge in [0.05, 0.1) is 6.54 Å². The lowest BCUT2D eigenvalue weighted by molar-refractivity contribution is -0.170. The van der Waals surface area contributed by atoms with Crippen molar-refractivity contribution in [2.24, 2.45) is 5.92 Å². The Kier molecular flexibility index (Phi) is 5.25. The zero-order chi connectivity index (χ0) is 22.2. The number of hydrogen-bond donors (Lipinski definition) is 2. The van der Waals surface area contributed by atoms with E-state index in [-0.39, 0.29) is 25.1 Å². The van der Waals surface area contributed by atoms with Crippen LogP contribution in [0.1, 0.15) is 18.4 Å². The average molecular weight is 433 g/mol. The number of rotatable bonds is 4. The molecule has 2 unspecified atom stereocenters. The first-order chi connectivity index (χ1) is 14.7. The van der Waals surface area contributed by atoms with Crippen LogP contribution in [0.4, 0.5) is 18.9 Å². The number of hydrogen-bond acceptors (Lipinski definition) is 4. The number of alkyl halides is 3. The highest BCUT2D eigenvalue weighted by molar-refractivity contribution is 6.06. The number of benzene rings is 1. The molecule has 1 fully saturated rings. The Hall–Kier alpha value is -3.63. The number of piperidine rings is 1. The first-order valence-corrected chi connectivity index (χ1v) is 9.53. The smallest absolute Gasteiger partial charge is 0.344 e. The van der Waals surface area contributed by atoms with Gasteiger partial charge in [-0.25, -0.2) is 9.48 Å². The number of anilines is 1. The van der Waals surface area contributed by atoms with Gasteiger partial charge < -0.3 is 10.6 Å². The van der Waals surface area contributed by atoms with E-state index in [1.165, 1.54) is 9.08 Å². The summed E-state index contributed by atoms with van der Waals surface area (Å²) in [5, 5.41) is 8.68. The normalized spacial score (nSPS) is 19.3. The lowest BCUT2D eigenvalue weighted by atomic mass is 9.92. The van der Waals surface area contributed by atoms with E-state index in [4.69, 9.17) is 0 Å². The van der Waals surface area contributed by atoms with E-state index >= 15 is 0 Å².